The summed E-state index contributed by atoms with van der Waals surface area (Å²) in [6.45, 7) is 5.97. The molecule has 1 aliphatic heterocycles. The Morgan fingerprint density at radius 2 is 1.92 bits per heavy atom. The second-order valence-corrected chi connectivity index (χ2v) is 8.68. The summed E-state index contributed by atoms with van der Waals surface area (Å²) in [5.74, 6) is -0.496. The van der Waals surface area contributed by atoms with Gasteiger partial charge >= 0.3 is 5.97 Å². The fourth-order valence-electron chi connectivity index (χ4n) is 3.51. The van der Waals surface area contributed by atoms with Gasteiger partial charge in [-0.3, -0.25) is 4.79 Å². The van der Waals surface area contributed by atoms with E-state index in [-0.39, 0.29) is 5.92 Å². The SMILES string of the molecule is Cc1ccsc1C(C/C=C/N1CCC[C@@H](C(=O)O)C1)c1sccc1C. The van der Waals surface area contributed by atoms with E-state index in [0.717, 1.165) is 25.8 Å². The molecule has 1 saturated heterocycles. The van der Waals surface area contributed by atoms with Crippen molar-refractivity contribution in [1.82, 2.24) is 4.90 Å². The predicted molar refractivity (Wildman–Crippen MR) is 106 cm³/mol. The van der Waals surface area contributed by atoms with Crippen molar-refractivity contribution in [2.75, 3.05) is 13.1 Å². The molecule has 3 rings (SSSR count). The average molecular weight is 376 g/mol. The van der Waals surface area contributed by atoms with Gasteiger partial charge in [0.05, 0.1) is 5.92 Å². The molecular formula is C20H25NO2S2. The maximum absolute atomic E-state index is 11.2. The lowest BCUT2D eigenvalue weighted by atomic mass is 9.96. The molecule has 1 atom stereocenters. The Morgan fingerprint density at radius 3 is 2.44 bits per heavy atom. The van der Waals surface area contributed by atoms with Gasteiger partial charge in [-0.2, -0.15) is 0 Å². The highest BCUT2D eigenvalue weighted by atomic mass is 32.1. The van der Waals surface area contributed by atoms with Gasteiger partial charge in [0.1, 0.15) is 0 Å². The maximum Gasteiger partial charge on any atom is 0.308 e. The third-order valence-corrected chi connectivity index (χ3v) is 7.19. The summed E-state index contributed by atoms with van der Waals surface area (Å²) in [5, 5.41) is 13.6. The molecule has 0 bridgehead atoms. The van der Waals surface area contributed by atoms with E-state index in [9.17, 15) is 9.90 Å². The summed E-state index contributed by atoms with van der Waals surface area (Å²) in [5.41, 5.74) is 2.72. The lowest BCUT2D eigenvalue weighted by Gasteiger charge is -2.29. The average Bonchev–Trinajstić information content (AvgIpc) is 3.21. The van der Waals surface area contributed by atoms with Gasteiger partial charge in [-0.25, -0.2) is 0 Å². The van der Waals surface area contributed by atoms with Gasteiger partial charge in [0.25, 0.3) is 0 Å². The highest BCUT2D eigenvalue weighted by Gasteiger charge is 2.24. The van der Waals surface area contributed by atoms with Crippen LogP contribution in [-0.2, 0) is 4.79 Å². The maximum atomic E-state index is 11.2. The van der Waals surface area contributed by atoms with Crippen molar-refractivity contribution in [3.8, 4) is 0 Å². The van der Waals surface area contributed by atoms with E-state index in [1.807, 2.05) is 22.7 Å². The molecule has 1 fully saturated rings. The van der Waals surface area contributed by atoms with Crippen molar-refractivity contribution in [3.05, 3.63) is 56.1 Å². The number of aliphatic carboxylic acids is 1. The number of carboxylic acids is 1. The number of nitrogens with zero attached hydrogens (tertiary/aromatic N) is 1. The summed E-state index contributed by atoms with van der Waals surface area (Å²) in [4.78, 5) is 16.3. The third-order valence-electron chi connectivity index (χ3n) is 4.93. The van der Waals surface area contributed by atoms with Crippen LogP contribution in [0, 0.1) is 19.8 Å². The molecule has 0 unspecified atom stereocenters. The Balaban J connectivity index is 1.72. The first-order chi connectivity index (χ1) is 12.1. The molecule has 0 radical (unpaired) electrons. The molecule has 1 N–H and O–H groups in total. The van der Waals surface area contributed by atoms with Gasteiger partial charge in [0, 0.05) is 28.8 Å². The Morgan fingerprint density at radius 1 is 1.28 bits per heavy atom. The zero-order chi connectivity index (χ0) is 17.8. The highest BCUT2D eigenvalue weighted by Crippen LogP contribution is 2.38. The molecule has 3 nitrogen and oxygen atoms in total. The molecule has 0 amide bonds. The fraction of sp³-hybridized carbons (Fsp3) is 0.450. The lowest BCUT2D eigenvalue weighted by molar-refractivity contribution is -0.143. The van der Waals surface area contributed by atoms with Crippen molar-refractivity contribution in [1.29, 1.82) is 0 Å². The lowest BCUT2D eigenvalue weighted by Crippen LogP contribution is -2.35. The standard InChI is InChI=1S/C20H25NO2S2/c1-14-7-11-24-18(14)17(19-15(2)8-12-25-19)6-4-10-21-9-3-5-16(13-21)20(22)23/h4,7-8,10-12,16-17H,3,5-6,9,13H2,1-2H3,(H,22,23)/b10-4+/t16-/m1/s1. The molecule has 0 spiro atoms. The molecule has 0 aliphatic carbocycles. The zero-order valence-corrected chi connectivity index (χ0v) is 16.4. The molecule has 134 valence electrons. The predicted octanol–water partition coefficient (Wildman–Crippen LogP) is 5.26. The third kappa shape index (κ3) is 4.33. The van der Waals surface area contributed by atoms with Crippen molar-refractivity contribution in [2.45, 2.75) is 39.0 Å². The summed E-state index contributed by atoms with van der Waals surface area (Å²) >= 11 is 3.67. The van der Waals surface area contributed by atoms with E-state index < -0.39 is 5.97 Å². The van der Waals surface area contributed by atoms with Crippen LogP contribution in [0.2, 0.25) is 0 Å². The number of likely N-dealkylation sites (tertiary alicyclic amines) is 1. The molecule has 25 heavy (non-hydrogen) atoms. The second-order valence-electron chi connectivity index (χ2n) is 6.78. The number of piperidine rings is 1. The molecule has 1 aliphatic rings. The zero-order valence-electron chi connectivity index (χ0n) is 14.8. The molecule has 3 heterocycles. The van der Waals surface area contributed by atoms with Crippen molar-refractivity contribution >= 4 is 28.6 Å². The minimum atomic E-state index is -0.667. The van der Waals surface area contributed by atoms with Crippen LogP contribution in [0.25, 0.3) is 0 Å². The number of carboxylic acid groups (broad SMARTS) is 1. The first kappa shape index (κ1) is 18.2. The van der Waals surface area contributed by atoms with E-state index in [2.05, 4.69) is 53.9 Å². The number of allylic oxidation sites excluding steroid dienone is 1. The summed E-state index contributed by atoms with van der Waals surface area (Å²) in [6, 6.07) is 4.39. The van der Waals surface area contributed by atoms with Crippen LogP contribution in [-0.4, -0.2) is 29.1 Å². The van der Waals surface area contributed by atoms with E-state index in [0.29, 0.717) is 12.5 Å². The topological polar surface area (TPSA) is 40.5 Å². The van der Waals surface area contributed by atoms with E-state index in [1.54, 1.807) is 0 Å². The van der Waals surface area contributed by atoms with Crippen LogP contribution >= 0.6 is 22.7 Å². The van der Waals surface area contributed by atoms with Crippen LogP contribution in [0.1, 0.15) is 46.1 Å². The van der Waals surface area contributed by atoms with Crippen LogP contribution in [0.4, 0.5) is 0 Å². The van der Waals surface area contributed by atoms with Gasteiger partial charge in [-0.15, -0.1) is 22.7 Å². The van der Waals surface area contributed by atoms with Crippen molar-refractivity contribution in [3.63, 3.8) is 0 Å². The summed E-state index contributed by atoms with van der Waals surface area (Å²) < 4.78 is 0. The quantitative estimate of drug-likeness (QED) is 0.749. The number of hydrogen-bond donors (Lipinski definition) is 1. The summed E-state index contributed by atoms with van der Waals surface area (Å²) in [6.07, 6.45) is 7.06. The minimum Gasteiger partial charge on any atom is -0.481 e. The Bertz CT molecular complexity index is 706. The Kier molecular flexibility index (Phi) is 5.97. The first-order valence-electron chi connectivity index (χ1n) is 8.77. The minimum absolute atomic E-state index is 0.228. The number of thiophene rings is 2. The molecule has 0 aromatic carbocycles. The van der Waals surface area contributed by atoms with Gasteiger partial charge in [-0.05, 0) is 73.3 Å². The van der Waals surface area contributed by atoms with Crippen LogP contribution in [0.3, 0.4) is 0 Å². The van der Waals surface area contributed by atoms with Crippen molar-refractivity contribution in [2.24, 2.45) is 5.92 Å². The normalized spacial score (nSPS) is 18.4. The number of carbonyl (C=O) groups is 1. The van der Waals surface area contributed by atoms with E-state index in [1.165, 1.54) is 20.9 Å². The molecule has 2 aromatic heterocycles. The van der Waals surface area contributed by atoms with Gasteiger partial charge < -0.3 is 10.0 Å². The fourth-order valence-corrected chi connectivity index (χ4v) is 5.68. The molecule has 2 aromatic rings. The van der Waals surface area contributed by atoms with E-state index >= 15 is 0 Å². The second kappa shape index (κ2) is 8.19. The number of rotatable bonds is 6. The molecular weight excluding hydrogens is 350 g/mol. The van der Waals surface area contributed by atoms with Crippen molar-refractivity contribution < 1.29 is 9.90 Å². The summed E-state index contributed by atoms with van der Waals surface area (Å²) in [7, 11) is 0. The molecule has 0 saturated carbocycles. The largest absolute Gasteiger partial charge is 0.481 e. The van der Waals surface area contributed by atoms with Crippen LogP contribution in [0.5, 0.6) is 0 Å². The number of hydrogen-bond acceptors (Lipinski definition) is 4. The van der Waals surface area contributed by atoms with Crippen LogP contribution in [0.15, 0.2) is 35.2 Å². The smallest absolute Gasteiger partial charge is 0.308 e. The van der Waals surface area contributed by atoms with Crippen LogP contribution < -0.4 is 0 Å². The van der Waals surface area contributed by atoms with Gasteiger partial charge in [0.2, 0.25) is 0 Å². The Labute approximate surface area is 157 Å². The highest BCUT2D eigenvalue weighted by molar-refractivity contribution is 7.11. The van der Waals surface area contributed by atoms with Gasteiger partial charge in [-0.1, -0.05) is 6.08 Å². The Hall–Kier alpha value is -1.59. The first-order valence-corrected chi connectivity index (χ1v) is 10.5. The van der Waals surface area contributed by atoms with Gasteiger partial charge in [0.15, 0.2) is 0 Å². The number of aryl methyl sites for hydroxylation is 2. The molecule has 5 heteroatoms. The van der Waals surface area contributed by atoms with E-state index in [4.69, 9.17) is 0 Å². The monoisotopic (exact) mass is 375 g/mol.